The molecule has 0 aromatic carbocycles. The molecule has 30 heavy (non-hydrogen) atoms. The fourth-order valence-corrected chi connectivity index (χ4v) is 5.81. The van der Waals surface area contributed by atoms with Gasteiger partial charge < -0.3 is 16.2 Å². The third-order valence-corrected chi connectivity index (χ3v) is 7.42. The van der Waals surface area contributed by atoms with E-state index in [1.807, 2.05) is 47.3 Å². The highest BCUT2D eigenvalue weighted by Gasteiger charge is 2.54. The van der Waals surface area contributed by atoms with E-state index >= 15 is 0 Å². The maximum Gasteiger partial charge on any atom is 0.352 e. The molecule has 0 aliphatic carbocycles. The number of nitrogens with two attached hydrogens (primary N) is 1. The highest BCUT2D eigenvalue weighted by molar-refractivity contribution is 8.00. The van der Waals surface area contributed by atoms with Crippen LogP contribution in [0, 0.1) is 0 Å². The average Bonchev–Trinajstić information content (AvgIpc) is 3.19. The molecule has 4 rings (SSSR count). The van der Waals surface area contributed by atoms with Crippen LogP contribution in [0.3, 0.4) is 0 Å². The summed E-state index contributed by atoms with van der Waals surface area (Å²) < 4.78 is 1.87. The van der Waals surface area contributed by atoms with E-state index in [4.69, 9.17) is 5.73 Å². The number of hydrogen-bond acceptors (Lipinski definition) is 6. The molecule has 0 radical (unpaired) electrons. The zero-order chi connectivity index (χ0) is 21.3. The average molecular weight is 446 g/mol. The maximum absolute atomic E-state index is 12.7. The summed E-state index contributed by atoms with van der Waals surface area (Å²) in [6.45, 7) is 0.819. The van der Waals surface area contributed by atoms with Gasteiger partial charge in [0.1, 0.15) is 17.1 Å². The Kier molecular flexibility index (Phi) is 5.89. The van der Waals surface area contributed by atoms with Gasteiger partial charge in [-0.1, -0.05) is 6.07 Å². The molecule has 2 aliphatic rings. The lowest BCUT2D eigenvalue weighted by molar-refractivity contribution is -0.689. The number of hydrogen-bond donors (Lipinski definition) is 3. The number of aromatic nitrogens is 1. The van der Waals surface area contributed by atoms with Gasteiger partial charge in [-0.15, -0.1) is 23.1 Å². The molecular formula is C20H21N4O4S2+. The molecule has 4 heterocycles. The van der Waals surface area contributed by atoms with Crippen molar-refractivity contribution in [1.29, 1.82) is 0 Å². The first-order valence-electron chi connectivity index (χ1n) is 9.39. The van der Waals surface area contributed by atoms with E-state index in [2.05, 4.69) is 5.32 Å². The van der Waals surface area contributed by atoms with Crippen LogP contribution in [-0.2, 0) is 33.9 Å². The van der Waals surface area contributed by atoms with E-state index in [1.54, 1.807) is 0 Å². The van der Waals surface area contributed by atoms with Crippen LogP contribution in [0.1, 0.15) is 9.75 Å². The van der Waals surface area contributed by atoms with Crippen molar-refractivity contribution in [3.63, 3.8) is 0 Å². The number of thiophene rings is 1. The Bertz CT molecular complexity index is 1020. The number of β-lactam (4-membered cyclic amide) rings is 1. The number of rotatable bonds is 7. The first kappa shape index (κ1) is 20.6. The number of pyridine rings is 1. The van der Waals surface area contributed by atoms with E-state index in [0.29, 0.717) is 24.4 Å². The zero-order valence-corrected chi connectivity index (χ0v) is 17.6. The molecule has 0 saturated carbocycles. The number of nitrogens with one attached hydrogen (secondary N) is 1. The highest BCUT2D eigenvalue weighted by Crippen LogP contribution is 2.40. The fraction of sp³-hybridized carbons (Fsp3) is 0.300. The van der Waals surface area contributed by atoms with E-state index in [0.717, 1.165) is 9.75 Å². The van der Waals surface area contributed by atoms with Gasteiger partial charge in [-0.25, -0.2) is 9.36 Å². The van der Waals surface area contributed by atoms with Gasteiger partial charge in [0.2, 0.25) is 5.91 Å². The largest absolute Gasteiger partial charge is 0.477 e. The Hall–Kier alpha value is -2.69. The molecule has 156 valence electrons. The van der Waals surface area contributed by atoms with Crippen molar-refractivity contribution >= 4 is 40.9 Å². The van der Waals surface area contributed by atoms with Crippen LogP contribution in [0.4, 0.5) is 0 Å². The highest BCUT2D eigenvalue weighted by atomic mass is 32.2. The number of fused-ring (bicyclic) bond motifs is 1. The molecule has 2 atom stereocenters. The summed E-state index contributed by atoms with van der Waals surface area (Å²) in [7, 11) is 0. The smallest absolute Gasteiger partial charge is 0.352 e. The number of carbonyl (C=O) groups is 3. The first-order chi connectivity index (χ1) is 14.5. The van der Waals surface area contributed by atoms with Crippen LogP contribution in [0.5, 0.6) is 0 Å². The third-order valence-electron chi connectivity index (χ3n) is 4.97. The molecule has 2 aromatic heterocycles. The number of nitrogens with zero attached hydrogens (tertiary/aromatic N) is 2. The lowest BCUT2D eigenvalue weighted by Gasteiger charge is -2.49. The van der Waals surface area contributed by atoms with Gasteiger partial charge in [0.25, 0.3) is 5.91 Å². The van der Waals surface area contributed by atoms with Crippen LogP contribution in [-0.4, -0.2) is 45.0 Å². The Balaban J connectivity index is 1.45. The normalized spacial score (nSPS) is 20.6. The molecule has 2 amide bonds. The quantitative estimate of drug-likeness (QED) is 0.422. The van der Waals surface area contributed by atoms with Gasteiger partial charge in [-0.2, -0.15) is 0 Å². The minimum absolute atomic E-state index is 0.0245. The van der Waals surface area contributed by atoms with Crippen molar-refractivity contribution < 1.29 is 24.1 Å². The number of thioether (sulfide) groups is 1. The van der Waals surface area contributed by atoms with Crippen molar-refractivity contribution in [3.05, 3.63) is 63.7 Å². The van der Waals surface area contributed by atoms with Crippen molar-refractivity contribution in [2.24, 2.45) is 5.73 Å². The van der Waals surface area contributed by atoms with E-state index in [-0.39, 0.29) is 23.9 Å². The maximum atomic E-state index is 12.7. The number of carboxylic acid groups (broad SMARTS) is 1. The van der Waals surface area contributed by atoms with Crippen molar-refractivity contribution in [1.82, 2.24) is 10.2 Å². The predicted molar refractivity (Wildman–Crippen MR) is 112 cm³/mol. The lowest BCUT2D eigenvalue weighted by Crippen LogP contribution is -2.70. The van der Waals surface area contributed by atoms with E-state index in [9.17, 15) is 19.5 Å². The number of amides is 2. The minimum atomic E-state index is -1.13. The van der Waals surface area contributed by atoms with Crippen LogP contribution in [0.25, 0.3) is 0 Å². The Morgan fingerprint density at radius 1 is 1.23 bits per heavy atom. The van der Waals surface area contributed by atoms with Gasteiger partial charge in [0, 0.05) is 39.8 Å². The lowest BCUT2D eigenvalue weighted by atomic mass is 10.0. The second kappa shape index (κ2) is 8.58. The van der Waals surface area contributed by atoms with Crippen LogP contribution < -0.4 is 15.6 Å². The summed E-state index contributed by atoms with van der Waals surface area (Å²) in [5, 5.41) is 12.1. The van der Waals surface area contributed by atoms with Gasteiger partial charge in [-0.3, -0.25) is 14.5 Å². The molecule has 4 N–H and O–H groups in total. The predicted octanol–water partition coefficient (Wildman–Crippen LogP) is 0.476. The van der Waals surface area contributed by atoms with Crippen molar-refractivity contribution in [3.8, 4) is 0 Å². The number of carboxylic acids is 1. The molecule has 0 spiro atoms. The third kappa shape index (κ3) is 3.98. The standard InChI is InChI=1S/C20H20N4O4S2/c21-9-14-5-4-13(30-14)8-15(25)22-16-18(26)24-17(20(27)28)12(11-29-19(16)24)10-23-6-2-1-3-7-23/h1-7,16,19H,8-11,21H2,(H-,22,25,27,28)/p+1/t16-,19+/m1/s1. The van der Waals surface area contributed by atoms with Crippen LogP contribution >= 0.6 is 23.1 Å². The van der Waals surface area contributed by atoms with Gasteiger partial charge >= 0.3 is 5.97 Å². The van der Waals surface area contributed by atoms with E-state index < -0.39 is 17.4 Å². The van der Waals surface area contributed by atoms with Gasteiger partial charge in [0.05, 0.1) is 6.42 Å². The summed E-state index contributed by atoms with van der Waals surface area (Å²) in [5.41, 5.74) is 6.29. The Morgan fingerprint density at radius 3 is 2.63 bits per heavy atom. The summed E-state index contributed by atoms with van der Waals surface area (Å²) >= 11 is 2.94. The second-order valence-corrected chi connectivity index (χ2v) is 9.37. The molecule has 1 saturated heterocycles. The van der Waals surface area contributed by atoms with Crippen molar-refractivity contribution in [2.75, 3.05) is 5.75 Å². The number of aliphatic carboxylic acids is 1. The molecule has 8 nitrogen and oxygen atoms in total. The zero-order valence-electron chi connectivity index (χ0n) is 16.0. The van der Waals surface area contributed by atoms with Crippen LogP contribution in [0.15, 0.2) is 54.0 Å². The molecular weight excluding hydrogens is 424 g/mol. The van der Waals surface area contributed by atoms with Crippen LogP contribution in [0.2, 0.25) is 0 Å². The SMILES string of the molecule is NCc1ccc(CC(=O)N[C@@H]2C(=O)N3C(C(=O)O)=C(C[n+]4ccccc4)CS[C@@H]23)s1. The summed E-state index contributed by atoms with van der Waals surface area (Å²) in [5.74, 6) is -1.29. The first-order valence-corrected chi connectivity index (χ1v) is 11.3. The minimum Gasteiger partial charge on any atom is -0.477 e. The number of carbonyl (C=O) groups excluding carboxylic acids is 2. The van der Waals surface area contributed by atoms with Gasteiger partial charge in [-0.05, 0) is 12.1 Å². The topological polar surface area (TPSA) is 117 Å². The summed E-state index contributed by atoms with van der Waals surface area (Å²) in [6.07, 6.45) is 3.87. The summed E-state index contributed by atoms with van der Waals surface area (Å²) in [4.78, 5) is 40.2. The molecule has 0 bridgehead atoms. The molecule has 1 fully saturated rings. The summed E-state index contributed by atoms with van der Waals surface area (Å²) in [6, 6.07) is 8.64. The van der Waals surface area contributed by atoms with Gasteiger partial charge in [0.15, 0.2) is 18.9 Å². The monoisotopic (exact) mass is 445 g/mol. The van der Waals surface area contributed by atoms with E-state index in [1.165, 1.54) is 28.0 Å². The second-order valence-electron chi connectivity index (χ2n) is 7.01. The Morgan fingerprint density at radius 2 is 1.97 bits per heavy atom. The molecule has 2 aliphatic heterocycles. The molecule has 10 heteroatoms. The fourth-order valence-electron chi connectivity index (χ4n) is 3.57. The molecule has 2 aromatic rings. The Labute approximate surface area is 181 Å². The molecule has 0 unspecified atom stereocenters. The van der Waals surface area contributed by atoms with Crippen molar-refractivity contribution in [2.45, 2.75) is 30.9 Å².